The zero-order valence-electron chi connectivity index (χ0n) is 16.6. The van der Waals surface area contributed by atoms with Crippen LogP contribution in [0.25, 0.3) is 0 Å². The fourth-order valence-electron chi connectivity index (χ4n) is 3.22. The molecule has 0 spiro atoms. The molecule has 0 saturated heterocycles. The summed E-state index contributed by atoms with van der Waals surface area (Å²) in [5.74, 6) is 2.36. The molecule has 156 valence electrons. The number of hydrogen-bond donors (Lipinski definition) is 3. The van der Waals surface area contributed by atoms with E-state index in [0.717, 1.165) is 18.7 Å². The van der Waals surface area contributed by atoms with E-state index in [0.29, 0.717) is 43.7 Å². The maximum atomic E-state index is 11.1. The first-order chi connectivity index (χ1) is 14.1. The topological polar surface area (TPSA) is 132 Å². The predicted octanol–water partition coefficient (Wildman–Crippen LogP) is 0.925. The molecule has 0 saturated carbocycles. The van der Waals surface area contributed by atoms with Gasteiger partial charge in [-0.3, -0.25) is 15.1 Å². The summed E-state index contributed by atoms with van der Waals surface area (Å²) in [6.07, 6.45) is 1.77. The van der Waals surface area contributed by atoms with Gasteiger partial charge in [-0.2, -0.15) is 5.10 Å². The van der Waals surface area contributed by atoms with E-state index in [1.807, 2.05) is 4.68 Å². The molecule has 1 atom stereocenters. The van der Waals surface area contributed by atoms with E-state index in [-0.39, 0.29) is 11.7 Å². The molecule has 0 amide bonds. The Morgan fingerprint density at radius 1 is 1.41 bits per heavy atom. The Bertz CT molecular complexity index is 867. The molecule has 11 heteroatoms. The highest BCUT2D eigenvalue weighted by molar-refractivity contribution is 5.80. The molecule has 1 aromatic carbocycles. The minimum Gasteiger partial charge on any atom is -0.378 e. The van der Waals surface area contributed by atoms with Crippen molar-refractivity contribution in [2.45, 2.75) is 32.0 Å². The zero-order chi connectivity index (χ0) is 20.6. The second-order valence-electron chi connectivity index (χ2n) is 6.64. The largest absolute Gasteiger partial charge is 0.378 e. The summed E-state index contributed by atoms with van der Waals surface area (Å²) in [6, 6.07) is 6.78. The van der Waals surface area contributed by atoms with Gasteiger partial charge in [-0.15, -0.1) is 0 Å². The fourth-order valence-corrected chi connectivity index (χ4v) is 3.22. The second-order valence-corrected chi connectivity index (χ2v) is 6.64. The lowest BCUT2D eigenvalue weighted by Gasteiger charge is -2.25. The number of hydrogen-bond acceptors (Lipinski definition) is 7. The Kier molecular flexibility index (Phi) is 6.95. The van der Waals surface area contributed by atoms with Crippen molar-refractivity contribution in [1.82, 2.24) is 25.4 Å². The number of rotatable bonds is 8. The number of anilines is 1. The molecule has 0 aliphatic carbocycles. The smallest absolute Gasteiger partial charge is 0.292 e. The van der Waals surface area contributed by atoms with Gasteiger partial charge in [0, 0.05) is 45.8 Å². The molecule has 1 aromatic heterocycles. The van der Waals surface area contributed by atoms with Crippen LogP contribution in [-0.2, 0) is 24.3 Å². The van der Waals surface area contributed by atoms with Gasteiger partial charge in [0.2, 0.25) is 0 Å². The summed E-state index contributed by atoms with van der Waals surface area (Å²) in [4.78, 5) is 19.4. The van der Waals surface area contributed by atoms with Gasteiger partial charge >= 0.3 is 0 Å². The highest BCUT2D eigenvalue weighted by Gasteiger charge is 2.22. The van der Waals surface area contributed by atoms with E-state index in [9.17, 15) is 10.1 Å². The molecule has 0 bridgehead atoms. The molecule has 0 fully saturated rings. The zero-order valence-corrected chi connectivity index (χ0v) is 16.6. The number of para-hydroxylation sites is 2. The number of nitro benzene ring substituents is 1. The molecule has 1 aliphatic rings. The summed E-state index contributed by atoms with van der Waals surface area (Å²) in [6.45, 7) is 2.20. The Morgan fingerprint density at radius 2 is 2.24 bits per heavy atom. The SMILES string of the molecule is CN=C(NCCNc1ccccc1[N+](=O)[O-])NC1CCc2nc(COC)nn2C1. The molecule has 3 N–H and O–H groups in total. The molecule has 2 aromatic rings. The number of ether oxygens (including phenoxy) is 1. The number of nitrogens with one attached hydrogen (secondary N) is 3. The molecule has 11 nitrogen and oxygen atoms in total. The van der Waals surface area contributed by atoms with Crippen LogP contribution in [0.1, 0.15) is 18.1 Å². The van der Waals surface area contributed by atoms with Crippen molar-refractivity contribution >= 4 is 17.3 Å². The predicted molar refractivity (Wildman–Crippen MR) is 109 cm³/mol. The van der Waals surface area contributed by atoms with Crippen LogP contribution in [0.4, 0.5) is 11.4 Å². The monoisotopic (exact) mass is 402 g/mol. The molecule has 3 rings (SSSR count). The summed E-state index contributed by atoms with van der Waals surface area (Å²) in [5.41, 5.74) is 0.564. The lowest BCUT2D eigenvalue weighted by Crippen LogP contribution is -2.48. The van der Waals surface area contributed by atoms with Crippen molar-refractivity contribution in [3.8, 4) is 0 Å². The van der Waals surface area contributed by atoms with Gasteiger partial charge in [-0.1, -0.05) is 12.1 Å². The van der Waals surface area contributed by atoms with Gasteiger partial charge in [0.25, 0.3) is 5.69 Å². The number of aliphatic imine (C=N–C) groups is 1. The average molecular weight is 402 g/mol. The maximum absolute atomic E-state index is 11.1. The average Bonchev–Trinajstić information content (AvgIpc) is 3.12. The van der Waals surface area contributed by atoms with Gasteiger partial charge in [0.1, 0.15) is 18.1 Å². The van der Waals surface area contributed by atoms with Crippen LogP contribution in [0.5, 0.6) is 0 Å². The van der Waals surface area contributed by atoms with E-state index >= 15 is 0 Å². The van der Waals surface area contributed by atoms with Crippen LogP contribution in [-0.4, -0.2) is 58.9 Å². The van der Waals surface area contributed by atoms with Crippen molar-refractivity contribution in [1.29, 1.82) is 0 Å². The Balaban J connectivity index is 1.46. The van der Waals surface area contributed by atoms with Crippen molar-refractivity contribution < 1.29 is 9.66 Å². The van der Waals surface area contributed by atoms with Gasteiger partial charge in [0.05, 0.1) is 11.5 Å². The maximum Gasteiger partial charge on any atom is 0.292 e. The summed E-state index contributed by atoms with van der Waals surface area (Å²) >= 11 is 0. The number of methoxy groups -OCH3 is 1. The summed E-state index contributed by atoms with van der Waals surface area (Å²) < 4.78 is 7.01. The summed E-state index contributed by atoms with van der Waals surface area (Å²) in [7, 11) is 3.34. The molecule has 1 unspecified atom stereocenters. The first-order valence-electron chi connectivity index (χ1n) is 9.46. The normalized spacial score (nSPS) is 16.2. The number of nitro groups is 1. The van der Waals surface area contributed by atoms with Gasteiger partial charge in [0.15, 0.2) is 11.8 Å². The van der Waals surface area contributed by atoms with Crippen LogP contribution < -0.4 is 16.0 Å². The van der Waals surface area contributed by atoms with Crippen molar-refractivity contribution in [2.24, 2.45) is 4.99 Å². The van der Waals surface area contributed by atoms with Crippen molar-refractivity contribution in [3.63, 3.8) is 0 Å². The van der Waals surface area contributed by atoms with Crippen molar-refractivity contribution in [3.05, 3.63) is 46.0 Å². The second kappa shape index (κ2) is 9.82. The third kappa shape index (κ3) is 5.41. The van der Waals surface area contributed by atoms with Gasteiger partial charge < -0.3 is 20.7 Å². The van der Waals surface area contributed by atoms with E-state index < -0.39 is 4.92 Å². The minimum atomic E-state index is -0.393. The van der Waals surface area contributed by atoms with Gasteiger partial charge in [-0.05, 0) is 12.5 Å². The van der Waals surface area contributed by atoms with E-state index in [4.69, 9.17) is 4.74 Å². The Morgan fingerprint density at radius 3 is 3.00 bits per heavy atom. The molecule has 2 heterocycles. The van der Waals surface area contributed by atoms with Gasteiger partial charge in [-0.25, -0.2) is 9.67 Å². The number of nitrogens with zero attached hydrogens (tertiary/aromatic N) is 5. The minimum absolute atomic E-state index is 0.0636. The fraction of sp³-hybridized carbons (Fsp3) is 0.500. The quantitative estimate of drug-likeness (QED) is 0.195. The lowest BCUT2D eigenvalue weighted by atomic mass is 10.1. The molecular formula is C18H26N8O3. The molecule has 0 radical (unpaired) electrons. The Hall–Kier alpha value is -3.21. The van der Waals surface area contributed by atoms with E-state index in [2.05, 4.69) is 31.0 Å². The third-order valence-electron chi connectivity index (χ3n) is 4.57. The third-order valence-corrected chi connectivity index (χ3v) is 4.57. The van der Waals surface area contributed by atoms with Crippen LogP contribution in [0, 0.1) is 10.1 Å². The van der Waals surface area contributed by atoms with E-state index in [1.165, 1.54) is 6.07 Å². The molecule has 1 aliphatic heterocycles. The van der Waals surface area contributed by atoms with Crippen LogP contribution in [0.2, 0.25) is 0 Å². The highest BCUT2D eigenvalue weighted by atomic mass is 16.6. The first-order valence-corrected chi connectivity index (χ1v) is 9.46. The number of fused-ring (bicyclic) bond motifs is 1. The van der Waals surface area contributed by atoms with Crippen LogP contribution >= 0.6 is 0 Å². The van der Waals surface area contributed by atoms with Crippen LogP contribution in [0.15, 0.2) is 29.3 Å². The highest BCUT2D eigenvalue weighted by Crippen LogP contribution is 2.22. The lowest BCUT2D eigenvalue weighted by molar-refractivity contribution is -0.384. The summed E-state index contributed by atoms with van der Waals surface area (Å²) in [5, 5.41) is 25.2. The molecule has 29 heavy (non-hydrogen) atoms. The number of guanidine groups is 1. The number of benzene rings is 1. The van der Waals surface area contributed by atoms with Crippen molar-refractivity contribution in [2.75, 3.05) is 32.6 Å². The van der Waals surface area contributed by atoms with Crippen LogP contribution in [0.3, 0.4) is 0 Å². The molecular weight excluding hydrogens is 376 g/mol. The Labute approximate surface area is 168 Å². The first kappa shape index (κ1) is 20.5. The number of aromatic nitrogens is 3. The van der Waals surface area contributed by atoms with E-state index in [1.54, 1.807) is 32.4 Å². The number of aryl methyl sites for hydroxylation is 1. The standard InChI is InChI=1S/C18H26N8O3/c1-19-18(21-10-9-20-14-5-3-4-6-15(14)26(27)28)22-13-7-8-17-23-16(12-29-2)24-25(17)11-13/h3-6,13,20H,7-12H2,1-2H3,(H2,19,21,22).